The molecule has 0 saturated carbocycles. The van der Waals surface area contributed by atoms with E-state index in [-0.39, 0.29) is 17.9 Å². The summed E-state index contributed by atoms with van der Waals surface area (Å²) in [5.41, 5.74) is 3.51. The molecule has 1 aliphatic heterocycles. The van der Waals surface area contributed by atoms with Gasteiger partial charge in [0.2, 0.25) is 0 Å². The summed E-state index contributed by atoms with van der Waals surface area (Å²) in [7, 11) is 0. The molecule has 4 rings (SSSR count). The number of carbonyl (C=O) groups excluding carboxylic acids is 2. The number of hydrogen-bond acceptors (Lipinski definition) is 4. The number of benzene rings is 3. The number of carbonyl (C=O) groups is 2. The lowest BCUT2D eigenvalue weighted by molar-refractivity contribution is -0.141. The molecule has 0 aromatic heterocycles. The number of hydrogen-bond donors (Lipinski definition) is 1. The van der Waals surface area contributed by atoms with Gasteiger partial charge in [-0.25, -0.2) is 0 Å². The standard InChI is InChI=1S/C28H27N3O3/c1-3-24(20-8-6-5-7-9-20)31-18-22-16-23(14-15-26(22)34-25(4-2)28(31)33)30-27(32)21-12-10-19(17-29)11-13-21/h5-16,24-25H,3-4,18H2,1-2H3,(H,30,32)/t24-,25-/m0/s1. The molecule has 0 spiro atoms. The Morgan fingerprint density at radius 2 is 1.85 bits per heavy atom. The lowest BCUT2D eigenvalue weighted by Crippen LogP contribution is -2.41. The molecule has 34 heavy (non-hydrogen) atoms. The summed E-state index contributed by atoms with van der Waals surface area (Å²) in [5, 5.41) is 11.9. The minimum atomic E-state index is -0.557. The van der Waals surface area contributed by atoms with Gasteiger partial charge in [-0.05, 0) is 60.9 Å². The Morgan fingerprint density at radius 3 is 2.50 bits per heavy atom. The van der Waals surface area contributed by atoms with Crippen LogP contribution in [0.5, 0.6) is 5.75 Å². The third-order valence-electron chi connectivity index (χ3n) is 6.08. The first kappa shape index (κ1) is 23.1. The van der Waals surface area contributed by atoms with Crippen molar-refractivity contribution in [2.45, 2.75) is 45.4 Å². The number of nitrogens with one attached hydrogen (secondary N) is 1. The number of amides is 2. The Bertz CT molecular complexity index is 1220. The van der Waals surface area contributed by atoms with Gasteiger partial charge in [0.15, 0.2) is 6.10 Å². The summed E-state index contributed by atoms with van der Waals surface area (Å²) < 4.78 is 6.11. The molecule has 6 heteroatoms. The van der Waals surface area contributed by atoms with E-state index in [4.69, 9.17) is 10.00 Å². The molecule has 0 fully saturated rings. The van der Waals surface area contributed by atoms with E-state index in [2.05, 4.69) is 12.2 Å². The molecule has 2 atom stereocenters. The number of nitrogens with zero attached hydrogens (tertiary/aromatic N) is 2. The van der Waals surface area contributed by atoms with Crippen molar-refractivity contribution in [3.05, 3.63) is 95.1 Å². The van der Waals surface area contributed by atoms with Crippen LogP contribution in [0.2, 0.25) is 0 Å². The fourth-order valence-corrected chi connectivity index (χ4v) is 4.28. The predicted octanol–water partition coefficient (Wildman–Crippen LogP) is 5.46. The second-order valence-electron chi connectivity index (χ2n) is 8.28. The Balaban J connectivity index is 1.63. The number of anilines is 1. The highest BCUT2D eigenvalue weighted by atomic mass is 16.5. The maximum absolute atomic E-state index is 13.4. The van der Waals surface area contributed by atoms with Crippen molar-refractivity contribution in [3.63, 3.8) is 0 Å². The number of ether oxygens (including phenoxy) is 1. The fourth-order valence-electron chi connectivity index (χ4n) is 4.28. The van der Waals surface area contributed by atoms with Gasteiger partial charge in [0.25, 0.3) is 11.8 Å². The maximum atomic E-state index is 13.4. The number of rotatable bonds is 6. The molecule has 0 radical (unpaired) electrons. The first-order chi connectivity index (χ1) is 16.5. The van der Waals surface area contributed by atoms with Crippen LogP contribution >= 0.6 is 0 Å². The molecule has 3 aromatic rings. The molecule has 172 valence electrons. The van der Waals surface area contributed by atoms with Crippen LogP contribution in [-0.2, 0) is 11.3 Å². The first-order valence-corrected chi connectivity index (χ1v) is 11.5. The largest absolute Gasteiger partial charge is 0.480 e. The van der Waals surface area contributed by atoms with E-state index in [1.54, 1.807) is 30.3 Å². The van der Waals surface area contributed by atoms with Gasteiger partial charge >= 0.3 is 0 Å². The summed E-state index contributed by atoms with van der Waals surface area (Å²) in [5.74, 6) is 0.355. The smallest absolute Gasteiger partial charge is 0.264 e. The van der Waals surface area contributed by atoms with Gasteiger partial charge in [0, 0.05) is 16.8 Å². The molecule has 2 amide bonds. The topological polar surface area (TPSA) is 82.4 Å². The molecule has 1 heterocycles. The highest BCUT2D eigenvalue weighted by molar-refractivity contribution is 6.04. The Hall–Kier alpha value is -4.11. The summed E-state index contributed by atoms with van der Waals surface area (Å²) in [4.78, 5) is 28.0. The van der Waals surface area contributed by atoms with Crippen LogP contribution in [0.25, 0.3) is 0 Å². The second-order valence-corrected chi connectivity index (χ2v) is 8.28. The van der Waals surface area contributed by atoms with Crippen molar-refractivity contribution in [2.75, 3.05) is 5.32 Å². The molecule has 0 saturated heterocycles. The molecular formula is C28H27N3O3. The Morgan fingerprint density at radius 1 is 1.12 bits per heavy atom. The Labute approximate surface area is 199 Å². The average Bonchev–Trinajstić information content (AvgIpc) is 3.01. The summed E-state index contributed by atoms with van der Waals surface area (Å²) in [6, 6.07) is 23.9. The lowest BCUT2D eigenvalue weighted by Gasteiger charge is -2.32. The van der Waals surface area contributed by atoms with Crippen molar-refractivity contribution in [1.82, 2.24) is 4.90 Å². The predicted molar refractivity (Wildman–Crippen MR) is 130 cm³/mol. The highest BCUT2D eigenvalue weighted by Gasteiger charge is 2.34. The van der Waals surface area contributed by atoms with Crippen molar-refractivity contribution in [3.8, 4) is 11.8 Å². The third kappa shape index (κ3) is 4.79. The normalized spacial score (nSPS) is 16.0. The van der Waals surface area contributed by atoms with Crippen molar-refractivity contribution >= 4 is 17.5 Å². The zero-order chi connectivity index (χ0) is 24.1. The summed E-state index contributed by atoms with van der Waals surface area (Å²) in [6.07, 6.45) is 0.784. The van der Waals surface area contributed by atoms with Crippen LogP contribution < -0.4 is 10.1 Å². The molecule has 0 bridgehead atoms. The zero-order valence-electron chi connectivity index (χ0n) is 19.3. The van der Waals surface area contributed by atoms with Crippen molar-refractivity contribution < 1.29 is 14.3 Å². The van der Waals surface area contributed by atoms with Crippen LogP contribution in [0.15, 0.2) is 72.8 Å². The van der Waals surface area contributed by atoms with Gasteiger partial charge in [0.05, 0.1) is 24.2 Å². The Kier molecular flexibility index (Phi) is 6.93. The van der Waals surface area contributed by atoms with E-state index in [0.29, 0.717) is 35.5 Å². The molecule has 6 nitrogen and oxygen atoms in total. The molecule has 0 unspecified atom stereocenters. The van der Waals surface area contributed by atoms with Crippen molar-refractivity contribution in [1.29, 1.82) is 5.26 Å². The molecule has 1 aliphatic rings. The SMILES string of the molecule is CC[C@@H]1Oc2ccc(NC(=O)c3ccc(C#N)cc3)cc2CN([C@@H](CC)c2ccccc2)C1=O. The van der Waals surface area contributed by atoms with Gasteiger partial charge in [-0.2, -0.15) is 5.26 Å². The third-order valence-corrected chi connectivity index (χ3v) is 6.08. The molecule has 3 aromatic carbocycles. The highest BCUT2D eigenvalue weighted by Crippen LogP contribution is 2.34. The van der Waals surface area contributed by atoms with Gasteiger partial charge < -0.3 is 15.0 Å². The van der Waals surface area contributed by atoms with E-state index in [0.717, 1.165) is 17.5 Å². The fraction of sp³-hybridized carbons (Fsp3) is 0.250. The van der Waals surface area contributed by atoms with E-state index in [9.17, 15) is 9.59 Å². The van der Waals surface area contributed by atoms with Gasteiger partial charge in [-0.15, -0.1) is 0 Å². The minimum absolute atomic E-state index is 0.0300. The first-order valence-electron chi connectivity index (χ1n) is 11.5. The number of nitriles is 1. The second kappa shape index (κ2) is 10.2. The minimum Gasteiger partial charge on any atom is -0.480 e. The van der Waals surface area contributed by atoms with Crippen LogP contribution in [0, 0.1) is 11.3 Å². The maximum Gasteiger partial charge on any atom is 0.264 e. The van der Waals surface area contributed by atoms with E-state index in [1.807, 2.05) is 60.4 Å². The summed E-state index contributed by atoms with van der Waals surface area (Å²) in [6.45, 7) is 4.41. The molecule has 1 N–H and O–H groups in total. The van der Waals surface area contributed by atoms with Crippen molar-refractivity contribution in [2.24, 2.45) is 0 Å². The van der Waals surface area contributed by atoms with E-state index in [1.165, 1.54) is 0 Å². The van der Waals surface area contributed by atoms with Crippen LogP contribution in [0.3, 0.4) is 0 Å². The zero-order valence-corrected chi connectivity index (χ0v) is 19.3. The average molecular weight is 454 g/mol. The van der Waals surface area contributed by atoms with E-state index >= 15 is 0 Å². The molecular weight excluding hydrogens is 426 g/mol. The van der Waals surface area contributed by atoms with Gasteiger partial charge in [0.1, 0.15) is 5.75 Å². The van der Waals surface area contributed by atoms with Gasteiger partial charge in [-0.1, -0.05) is 44.2 Å². The van der Waals surface area contributed by atoms with Gasteiger partial charge in [-0.3, -0.25) is 9.59 Å². The van der Waals surface area contributed by atoms with E-state index < -0.39 is 6.10 Å². The lowest BCUT2D eigenvalue weighted by atomic mass is 10.0. The quantitative estimate of drug-likeness (QED) is 0.537. The van der Waals surface area contributed by atoms with Crippen LogP contribution in [-0.4, -0.2) is 22.8 Å². The number of fused-ring (bicyclic) bond motifs is 1. The van der Waals surface area contributed by atoms with Crippen LogP contribution in [0.1, 0.15) is 59.8 Å². The van der Waals surface area contributed by atoms with Crippen LogP contribution in [0.4, 0.5) is 5.69 Å². The monoisotopic (exact) mass is 453 g/mol. The summed E-state index contributed by atoms with van der Waals surface area (Å²) >= 11 is 0. The molecule has 0 aliphatic carbocycles.